The van der Waals surface area contributed by atoms with E-state index < -0.39 is 10.0 Å². The molecule has 0 radical (unpaired) electrons. The zero-order valence-electron chi connectivity index (χ0n) is 12.2. The lowest BCUT2D eigenvalue weighted by Gasteiger charge is -2.24. The van der Waals surface area contributed by atoms with Gasteiger partial charge in [-0.15, -0.1) is 0 Å². The number of hydrogen-bond donors (Lipinski definition) is 1. The van der Waals surface area contributed by atoms with Crippen molar-refractivity contribution in [1.29, 1.82) is 0 Å². The quantitative estimate of drug-likeness (QED) is 0.944. The maximum Gasteiger partial charge on any atom is 0.241 e. The van der Waals surface area contributed by atoms with Crippen molar-refractivity contribution in [2.45, 2.75) is 37.1 Å². The zero-order chi connectivity index (χ0) is 15.0. The van der Waals surface area contributed by atoms with Gasteiger partial charge in [0.25, 0.3) is 0 Å². The van der Waals surface area contributed by atoms with E-state index in [9.17, 15) is 8.42 Å². The van der Waals surface area contributed by atoms with E-state index in [1.807, 2.05) is 30.8 Å². The van der Waals surface area contributed by atoms with Crippen LogP contribution in [0.3, 0.4) is 0 Å². The number of rotatable bonds is 3. The number of benzene rings is 1. The highest BCUT2D eigenvalue weighted by atomic mass is 32.2. The van der Waals surface area contributed by atoms with Gasteiger partial charge in [0, 0.05) is 18.3 Å². The second-order valence-corrected chi connectivity index (χ2v) is 7.18. The molecule has 1 aromatic carbocycles. The van der Waals surface area contributed by atoms with Gasteiger partial charge in [0.05, 0.1) is 17.1 Å². The fourth-order valence-electron chi connectivity index (χ4n) is 2.94. The smallest absolute Gasteiger partial charge is 0.241 e. The van der Waals surface area contributed by atoms with Gasteiger partial charge in [0.1, 0.15) is 0 Å². The number of fused-ring (bicyclic) bond motifs is 1. The summed E-state index contributed by atoms with van der Waals surface area (Å²) < 4.78 is 29.9. The van der Waals surface area contributed by atoms with E-state index in [4.69, 9.17) is 0 Å². The Labute approximate surface area is 125 Å². The molecule has 0 bridgehead atoms. The lowest BCUT2D eigenvalue weighted by Crippen LogP contribution is -2.31. The number of nitrogens with one attached hydrogen (secondary N) is 1. The van der Waals surface area contributed by atoms with Gasteiger partial charge in [-0.05, 0) is 37.8 Å². The predicted octanol–water partition coefficient (Wildman–Crippen LogP) is 2.08. The third-order valence-corrected chi connectivity index (χ3v) is 5.69. The van der Waals surface area contributed by atoms with Crippen molar-refractivity contribution in [3.8, 4) is 0 Å². The molecule has 112 valence electrons. The highest BCUT2D eigenvalue weighted by Crippen LogP contribution is 2.30. The highest BCUT2D eigenvalue weighted by molar-refractivity contribution is 7.89. The fourth-order valence-corrected chi connectivity index (χ4v) is 4.43. The molecule has 1 N–H and O–H groups in total. The van der Waals surface area contributed by atoms with E-state index >= 15 is 0 Å². The summed E-state index contributed by atoms with van der Waals surface area (Å²) in [6.45, 7) is 1.81. The number of hydrogen-bond acceptors (Lipinski definition) is 3. The maximum atomic E-state index is 12.6. The summed E-state index contributed by atoms with van der Waals surface area (Å²) >= 11 is 0. The number of nitrogens with zero attached hydrogens (tertiary/aromatic N) is 2. The van der Waals surface area contributed by atoms with Crippen molar-refractivity contribution in [3.05, 3.63) is 47.3 Å². The topological polar surface area (TPSA) is 64.0 Å². The SMILES string of the molecule is Cc1ccccc1S(=O)(=O)NC1CCCc2c1cnn2C. The second-order valence-electron chi connectivity index (χ2n) is 5.50. The summed E-state index contributed by atoms with van der Waals surface area (Å²) in [7, 11) is -1.61. The van der Waals surface area contributed by atoms with E-state index in [1.165, 1.54) is 0 Å². The van der Waals surface area contributed by atoms with Gasteiger partial charge in [0.15, 0.2) is 0 Å². The molecule has 0 fully saturated rings. The van der Waals surface area contributed by atoms with Crippen LogP contribution in [0.5, 0.6) is 0 Å². The van der Waals surface area contributed by atoms with Gasteiger partial charge in [0.2, 0.25) is 10.0 Å². The molecule has 6 heteroatoms. The molecule has 0 saturated carbocycles. The first-order chi connectivity index (χ1) is 9.99. The van der Waals surface area contributed by atoms with Crippen LogP contribution < -0.4 is 4.72 Å². The third-order valence-electron chi connectivity index (χ3n) is 4.06. The van der Waals surface area contributed by atoms with Crippen LogP contribution in [0.15, 0.2) is 35.4 Å². The van der Waals surface area contributed by atoms with Crippen molar-refractivity contribution < 1.29 is 8.42 Å². The molecule has 1 atom stereocenters. The summed E-state index contributed by atoms with van der Waals surface area (Å²) in [5.41, 5.74) is 2.88. The molecule has 3 rings (SSSR count). The van der Waals surface area contributed by atoms with E-state index in [2.05, 4.69) is 9.82 Å². The predicted molar refractivity (Wildman–Crippen MR) is 80.4 cm³/mol. The highest BCUT2D eigenvalue weighted by Gasteiger charge is 2.28. The Morgan fingerprint density at radius 3 is 2.86 bits per heavy atom. The zero-order valence-corrected chi connectivity index (χ0v) is 13.0. The van der Waals surface area contributed by atoms with E-state index in [0.29, 0.717) is 4.90 Å². The van der Waals surface area contributed by atoms with E-state index in [0.717, 1.165) is 36.1 Å². The van der Waals surface area contributed by atoms with Crippen LogP contribution >= 0.6 is 0 Å². The van der Waals surface area contributed by atoms with Crippen LogP contribution in [0, 0.1) is 6.92 Å². The molecule has 21 heavy (non-hydrogen) atoms. The molecule has 1 heterocycles. The van der Waals surface area contributed by atoms with Crippen LogP contribution in [0.25, 0.3) is 0 Å². The van der Waals surface area contributed by atoms with Crippen molar-refractivity contribution in [3.63, 3.8) is 0 Å². The van der Waals surface area contributed by atoms with Crippen LogP contribution in [0.2, 0.25) is 0 Å². The normalized spacial score (nSPS) is 18.5. The van der Waals surface area contributed by atoms with Crippen molar-refractivity contribution in [2.75, 3.05) is 0 Å². The molecule has 5 nitrogen and oxygen atoms in total. The number of sulfonamides is 1. The van der Waals surface area contributed by atoms with Gasteiger partial charge in [-0.1, -0.05) is 18.2 Å². The maximum absolute atomic E-state index is 12.6. The molecule has 2 aromatic rings. The van der Waals surface area contributed by atoms with E-state index in [-0.39, 0.29) is 6.04 Å². The standard InChI is InChI=1S/C15H19N3O2S/c1-11-6-3-4-9-15(11)21(19,20)17-13-7-5-8-14-12(13)10-16-18(14)2/h3-4,6,9-10,13,17H,5,7-8H2,1-2H3. The minimum absolute atomic E-state index is 0.188. The molecule has 0 spiro atoms. The molecule has 1 aliphatic carbocycles. The monoisotopic (exact) mass is 305 g/mol. The Morgan fingerprint density at radius 1 is 1.33 bits per heavy atom. The summed E-state index contributed by atoms with van der Waals surface area (Å²) in [5, 5.41) is 4.25. The molecule has 1 aromatic heterocycles. The molecule has 0 amide bonds. The number of aromatic nitrogens is 2. The lowest BCUT2D eigenvalue weighted by molar-refractivity contribution is 0.498. The Balaban J connectivity index is 1.93. The molecule has 0 aliphatic heterocycles. The molecule has 0 saturated heterocycles. The summed E-state index contributed by atoms with van der Waals surface area (Å²) in [6.07, 6.45) is 4.51. The van der Waals surface area contributed by atoms with Gasteiger partial charge >= 0.3 is 0 Å². The minimum Gasteiger partial charge on any atom is -0.272 e. The fraction of sp³-hybridized carbons (Fsp3) is 0.400. The summed E-state index contributed by atoms with van der Waals surface area (Å²) in [4.78, 5) is 0.348. The largest absolute Gasteiger partial charge is 0.272 e. The van der Waals surface area contributed by atoms with Gasteiger partial charge in [-0.3, -0.25) is 4.68 Å². The van der Waals surface area contributed by atoms with Crippen LogP contribution in [-0.4, -0.2) is 18.2 Å². The van der Waals surface area contributed by atoms with Gasteiger partial charge in [-0.2, -0.15) is 5.10 Å². The van der Waals surface area contributed by atoms with Crippen LogP contribution in [-0.2, 0) is 23.5 Å². The molecule has 1 aliphatic rings. The first-order valence-corrected chi connectivity index (χ1v) is 8.56. The van der Waals surface area contributed by atoms with Gasteiger partial charge in [-0.25, -0.2) is 13.1 Å². The van der Waals surface area contributed by atoms with Crippen molar-refractivity contribution in [1.82, 2.24) is 14.5 Å². The second kappa shape index (κ2) is 5.27. The number of aryl methyl sites for hydroxylation is 2. The van der Waals surface area contributed by atoms with E-state index in [1.54, 1.807) is 18.3 Å². The van der Waals surface area contributed by atoms with Crippen LogP contribution in [0.1, 0.15) is 35.7 Å². The van der Waals surface area contributed by atoms with Crippen molar-refractivity contribution in [2.24, 2.45) is 7.05 Å². The Kier molecular flexibility index (Phi) is 3.59. The van der Waals surface area contributed by atoms with Crippen LogP contribution in [0.4, 0.5) is 0 Å². The lowest BCUT2D eigenvalue weighted by atomic mass is 9.94. The average molecular weight is 305 g/mol. The summed E-state index contributed by atoms with van der Waals surface area (Å²) in [5.74, 6) is 0. The molecular formula is C15H19N3O2S. The molecular weight excluding hydrogens is 286 g/mol. The Hall–Kier alpha value is -1.66. The molecule has 1 unspecified atom stereocenters. The average Bonchev–Trinajstić information content (AvgIpc) is 2.82. The first-order valence-electron chi connectivity index (χ1n) is 7.08. The Bertz CT molecular complexity index is 765. The minimum atomic E-state index is -3.51. The summed E-state index contributed by atoms with van der Waals surface area (Å²) in [6, 6.07) is 6.86. The van der Waals surface area contributed by atoms with Gasteiger partial charge < -0.3 is 0 Å². The Morgan fingerprint density at radius 2 is 2.10 bits per heavy atom. The first kappa shape index (κ1) is 14.3. The third kappa shape index (κ3) is 2.61. The van der Waals surface area contributed by atoms with Crippen molar-refractivity contribution >= 4 is 10.0 Å².